The van der Waals surface area contributed by atoms with Gasteiger partial charge in [0.25, 0.3) is 5.56 Å². The Morgan fingerprint density at radius 3 is 2.38 bits per heavy atom. The van der Waals surface area contributed by atoms with E-state index in [1.807, 2.05) is 47.0 Å². The molecule has 4 nitrogen and oxygen atoms in total. The van der Waals surface area contributed by atoms with Crippen LogP contribution in [0, 0.1) is 0 Å². The van der Waals surface area contributed by atoms with E-state index in [0.29, 0.717) is 18.5 Å². The van der Waals surface area contributed by atoms with Gasteiger partial charge in [0.1, 0.15) is 6.54 Å². The highest BCUT2D eigenvalue weighted by atomic mass is 16.1. The van der Waals surface area contributed by atoms with Gasteiger partial charge in [-0.15, -0.1) is 0 Å². The maximum Gasteiger partial charge on any atom is 0.261 e. The Bertz CT molecular complexity index is 1140. The van der Waals surface area contributed by atoms with Crippen LogP contribution in [0.15, 0.2) is 71.5 Å². The molecule has 4 heteroatoms. The molecule has 0 bridgehead atoms. The first kappa shape index (κ1) is 16.5. The maximum absolute atomic E-state index is 13.2. The van der Waals surface area contributed by atoms with Gasteiger partial charge < -0.3 is 4.90 Å². The van der Waals surface area contributed by atoms with Crippen LogP contribution in [0.1, 0.15) is 11.4 Å². The molecule has 1 heterocycles. The fourth-order valence-corrected chi connectivity index (χ4v) is 3.43. The molecule has 4 rings (SSSR count). The van der Waals surface area contributed by atoms with Crippen LogP contribution in [0.2, 0.25) is 0 Å². The number of benzene rings is 3. The number of rotatable bonds is 4. The van der Waals surface area contributed by atoms with Crippen LogP contribution in [0.5, 0.6) is 0 Å². The summed E-state index contributed by atoms with van der Waals surface area (Å²) in [6.45, 7) is 1.23. The molecule has 0 aliphatic heterocycles. The van der Waals surface area contributed by atoms with Crippen molar-refractivity contribution in [3.63, 3.8) is 0 Å². The van der Waals surface area contributed by atoms with Crippen LogP contribution in [0.3, 0.4) is 0 Å². The van der Waals surface area contributed by atoms with E-state index in [1.165, 1.54) is 15.7 Å². The third-order valence-electron chi connectivity index (χ3n) is 4.66. The fourth-order valence-electron chi connectivity index (χ4n) is 3.43. The summed E-state index contributed by atoms with van der Waals surface area (Å²) in [5.74, 6) is 0.821. The average Bonchev–Trinajstić information content (AvgIpc) is 2.64. The highest BCUT2D eigenvalue weighted by Gasteiger charge is 2.14. The van der Waals surface area contributed by atoms with Crippen LogP contribution in [-0.2, 0) is 13.1 Å². The molecule has 0 saturated heterocycles. The number of nitrogens with zero attached hydrogens (tertiary/aromatic N) is 2. The lowest BCUT2D eigenvalue weighted by Crippen LogP contribution is -3.04. The Balaban J connectivity index is 1.92. The first-order valence-corrected chi connectivity index (χ1v) is 8.87. The number of hydrogen-bond acceptors (Lipinski definition) is 2. The highest BCUT2D eigenvalue weighted by molar-refractivity contribution is 5.85. The van der Waals surface area contributed by atoms with E-state index < -0.39 is 0 Å². The Labute approximate surface area is 152 Å². The number of para-hydroxylation sites is 1. The van der Waals surface area contributed by atoms with Gasteiger partial charge in [0.2, 0.25) is 0 Å². The molecular weight excluding hydrogens is 322 g/mol. The molecule has 0 amide bonds. The molecule has 1 aromatic heterocycles. The largest absolute Gasteiger partial charge is 0.334 e. The Morgan fingerprint density at radius 2 is 1.58 bits per heavy atom. The fraction of sp³-hybridized carbons (Fsp3) is 0.182. The molecule has 0 saturated carbocycles. The number of fused-ring (bicyclic) bond motifs is 2. The zero-order chi connectivity index (χ0) is 18.1. The van der Waals surface area contributed by atoms with E-state index in [-0.39, 0.29) is 5.56 Å². The van der Waals surface area contributed by atoms with Crippen molar-refractivity contribution in [3.05, 3.63) is 88.5 Å². The molecule has 130 valence electrons. The predicted octanol–water partition coefficient (Wildman–Crippen LogP) is 2.24. The molecule has 0 unspecified atom stereocenters. The van der Waals surface area contributed by atoms with Gasteiger partial charge in [-0.05, 0) is 28.5 Å². The minimum absolute atomic E-state index is 0.0276. The summed E-state index contributed by atoms with van der Waals surface area (Å²) in [6.07, 6.45) is 0. The monoisotopic (exact) mass is 344 g/mol. The molecular formula is C22H22N3O+. The first-order chi connectivity index (χ1) is 12.6. The van der Waals surface area contributed by atoms with Gasteiger partial charge in [-0.2, -0.15) is 0 Å². The van der Waals surface area contributed by atoms with Crippen molar-refractivity contribution in [3.8, 4) is 0 Å². The smallest absolute Gasteiger partial charge is 0.261 e. The molecule has 26 heavy (non-hydrogen) atoms. The molecule has 1 N–H and O–H groups in total. The Morgan fingerprint density at radius 1 is 0.885 bits per heavy atom. The molecule has 4 aromatic rings. The molecule has 0 atom stereocenters. The van der Waals surface area contributed by atoms with Gasteiger partial charge >= 0.3 is 0 Å². The summed E-state index contributed by atoms with van der Waals surface area (Å²) >= 11 is 0. The molecule has 0 aliphatic rings. The summed E-state index contributed by atoms with van der Waals surface area (Å²) in [5, 5.41) is 3.04. The van der Waals surface area contributed by atoms with Crippen LogP contribution < -0.4 is 10.5 Å². The molecule has 3 aromatic carbocycles. The normalized spacial score (nSPS) is 11.5. The zero-order valence-electron chi connectivity index (χ0n) is 15.1. The van der Waals surface area contributed by atoms with Crippen molar-refractivity contribution >= 4 is 21.7 Å². The molecule has 0 radical (unpaired) electrons. The second kappa shape index (κ2) is 6.73. The third kappa shape index (κ3) is 3.00. The van der Waals surface area contributed by atoms with E-state index in [1.54, 1.807) is 0 Å². The van der Waals surface area contributed by atoms with E-state index in [0.717, 1.165) is 16.9 Å². The highest BCUT2D eigenvalue weighted by Crippen LogP contribution is 2.19. The van der Waals surface area contributed by atoms with Gasteiger partial charge in [-0.1, -0.05) is 54.6 Å². The van der Waals surface area contributed by atoms with Gasteiger partial charge in [-0.3, -0.25) is 9.36 Å². The quantitative estimate of drug-likeness (QED) is 0.617. The van der Waals surface area contributed by atoms with Crippen molar-refractivity contribution in [2.24, 2.45) is 0 Å². The predicted molar refractivity (Wildman–Crippen MR) is 106 cm³/mol. The standard InChI is InChI=1S/C22H21N3O/c1-24(2)15-21-23-20-13-6-5-12-19(20)22(26)25(21)14-17-10-7-9-16-8-3-4-11-18(16)17/h3-13H,14-15H2,1-2H3/p+1. The molecule has 0 spiro atoms. The lowest BCUT2D eigenvalue weighted by Gasteiger charge is -2.16. The van der Waals surface area contributed by atoms with Crippen molar-refractivity contribution < 1.29 is 4.90 Å². The van der Waals surface area contributed by atoms with Crippen molar-refractivity contribution in [2.75, 3.05) is 14.1 Å². The Hall–Kier alpha value is -2.98. The van der Waals surface area contributed by atoms with E-state index in [4.69, 9.17) is 4.98 Å². The molecule has 0 aliphatic carbocycles. The first-order valence-electron chi connectivity index (χ1n) is 8.87. The average molecular weight is 344 g/mol. The summed E-state index contributed by atoms with van der Waals surface area (Å²) in [4.78, 5) is 19.2. The summed E-state index contributed by atoms with van der Waals surface area (Å²) < 4.78 is 1.83. The summed E-state index contributed by atoms with van der Waals surface area (Å²) in [5.41, 5.74) is 1.93. The van der Waals surface area contributed by atoms with Gasteiger partial charge in [0.05, 0.1) is 31.5 Å². The maximum atomic E-state index is 13.2. The van der Waals surface area contributed by atoms with Gasteiger partial charge in [-0.25, -0.2) is 4.98 Å². The van der Waals surface area contributed by atoms with E-state index in [9.17, 15) is 4.79 Å². The molecule has 0 fully saturated rings. The topological polar surface area (TPSA) is 39.3 Å². The number of aromatic nitrogens is 2. The summed E-state index contributed by atoms with van der Waals surface area (Å²) in [7, 11) is 4.15. The zero-order valence-corrected chi connectivity index (χ0v) is 15.1. The Kier molecular flexibility index (Phi) is 4.27. The van der Waals surface area contributed by atoms with Crippen molar-refractivity contribution in [2.45, 2.75) is 13.1 Å². The SMILES string of the molecule is C[NH+](C)Cc1nc2ccccc2c(=O)n1Cc1cccc2ccccc12. The second-order valence-electron chi connectivity index (χ2n) is 6.96. The van der Waals surface area contributed by atoms with Crippen LogP contribution in [0.25, 0.3) is 21.7 Å². The van der Waals surface area contributed by atoms with Crippen LogP contribution >= 0.6 is 0 Å². The third-order valence-corrected chi connectivity index (χ3v) is 4.66. The minimum Gasteiger partial charge on any atom is -0.334 e. The number of nitrogens with one attached hydrogen (secondary N) is 1. The second-order valence-corrected chi connectivity index (χ2v) is 6.96. The summed E-state index contributed by atoms with van der Waals surface area (Å²) in [6, 6.07) is 22.1. The lowest BCUT2D eigenvalue weighted by molar-refractivity contribution is -0.873. The van der Waals surface area contributed by atoms with E-state index in [2.05, 4.69) is 38.4 Å². The van der Waals surface area contributed by atoms with Crippen molar-refractivity contribution in [1.29, 1.82) is 0 Å². The van der Waals surface area contributed by atoms with Gasteiger partial charge in [0.15, 0.2) is 5.82 Å². The van der Waals surface area contributed by atoms with Crippen molar-refractivity contribution in [1.82, 2.24) is 9.55 Å². The van der Waals surface area contributed by atoms with Crippen LogP contribution in [-0.4, -0.2) is 23.6 Å². The van der Waals surface area contributed by atoms with E-state index >= 15 is 0 Å². The minimum atomic E-state index is 0.0276. The number of hydrogen-bond donors (Lipinski definition) is 1. The van der Waals surface area contributed by atoms with Crippen LogP contribution in [0.4, 0.5) is 0 Å². The lowest BCUT2D eigenvalue weighted by atomic mass is 10.0. The van der Waals surface area contributed by atoms with Gasteiger partial charge in [0, 0.05) is 0 Å². The number of quaternary nitrogens is 1.